The summed E-state index contributed by atoms with van der Waals surface area (Å²) in [6.07, 6.45) is 3.89. The van der Waals surface area contributed by atoms with Gasteiger partial charge in [0.15, 0.2) is 11.6 Å². The first-order valence-corrected chi connectivity index (χ1v) is 7.06. The predicted octanol–water partition coefficient (Wildman–Crippen LogP) is 2.88. The van der Waals surface area contributed by atoms with Crippen molar-refractivity contribution >= 4 is 11.8 Å². The molecule has 4 heteroatoms. The summed E-state index contributed by atoms with van der Waals surface area (Å²) >= 11 is 1.77. The van der Waals surface area contributed by atoms with E-state index in [2.05, 4.69) is 0 Å². The van der Waals surface area contributed by atoms with E-state index in [0.29, 0.717) is 6.42 Å². The second-order valence-corrected chi connectivity index (χ2v) is 4.95. The first-order valence-electron chi connectivity index (χ1n) is 5.66. The van der Waals surface area contributed by atoms with Gasteiger partial charge in [-0.1, -0.05) is 6.07 Å². The van der Waals surface area contributed by atoms with Gasteiger partial charge in [0, 0.05) is 0 Å². The van der Waals surface area contributed by atoms with Crippen LogP contribution in [-0.4, -0.2) is 30.3 Å². The van der Waals surface area contributed by atoms with Gasteiger partial charge in [0.05, 0.1) is 13.2 Å². The van der Waals surface area contributed by atoms with Gasteiger partial charge in [-0.2, -0.15) is 11.8 Å². The summed E-state index contributed by atoms with van der Waals surface area (Å²) in [5, 5.41) is 9.78. The van der Waals surface area contributed by atoms with Crippen molar-refractivity contribution in [2.45, 2.75) is 25.4 Å². The SMILES string of the molecule is COc1ccc(CC(O)CCCSC)cc1F. The van der Waals surface area contributed by atoms with Crippen LogP contribution in [0.4, 0.5) is 4.39 Å². The molecule has 1 aromatic rings. The standard InChI is InChI=1S/C13H19FO2S/c1-16-13-6-5-10(9-12(13)14)8-11(15)4-3-7-17-2/h5-6,9,11,15H,3-4,7-8H2,1-2H3. The van der Waals surface area contributed by atoms with Crippen LogP contribution in [-0.2, 0) is 6.42 Å². The molecule has 0 saturated heterocycles. The van der Waals surface area contributed by atoms with E-state index in [9.17, 15) is 9.50 Å². The van der Waals surface area contributed by atoms with Crippen LogP contribution in [0.5, 0.6) is 5.75 Å². The van der Waals surface area contributed by atoms with Crippen molar-refractivity contribution in [3.8, 4) is 5.75 Å². The fourth-order valence-electron chi connectivity index (χ4n) is 1.67. The number of methoxy groups -OCH3 is 1. The molecule has 1 aromatic carbocycles. The van der Waals surface area contributed by atoms with Crippen LogP contribution < -0.4 is 4.74 Å². The maximum atomic E-state index is 13.4. The highest BCUT2D eigenvalue weighted by atomic mass is 32.2. The van der Waals surface area contributed by atoms with Crippen LogP contribution in [0.15, 0.2) is 18.2 Å². The minimum atomic E-state index is -0.394. The molecule has 0 fully saturated rings. The fourth-order valence-corrected chi connectivity index (χ4v) is 2.13. The van der Waals surface area contributed by atoms with E-state index in [-0.39, 0.29) is 11.6 Å². The first kappa shape index (κ1) is 14.3. The predicted molar refractivity (Wildman–Crippen MR) is 70.3 cm³/mol. The zero-order chi connectivity index (χ0) is 12.7. The van der Waals surface area contributed by atoms with Crippen molar-refractivity contribution < 1.29 is 14.2 Å². The quantitative estimate of drug-likeness (QED) is 0.763. The van der Waals surface area contributed by atoms with E-state index < -0.39 is 6.10 Å². The molecule has 0 aliphatic rings. The number of rotatable bonds is 7. The van der Waals surface area contributed by atoms with Gasteiger partial charge in [0.2, 0.25) is 0 Å². The molecule has 0 spiro atoms. The largest absolute Gasteiger partial charge is 0.494 e. The topological polar surface area (TPSA) is 29.5 Å². The minimum absolute atomic E-state index is 0.241. The molecule has 2 nitrogen and oxygen atoms in total. The second-order valence-electron chi connectivity index (χ2n) is 3.96. The summed E-state index contributed by atoms with van der Waals surface area (Å²) in [7, 11) is 1.44. The molecule has 0 aromatic heterocycles. The number of thioether (sulfide) groups is 1. The van der Waals surface area contributed by atoms with E-state index in [0.717, 1.165) is 24.2 Å². The van der Waals surface area contributed by atoms with Gasteiger partial charge in [-0.3, -0.25) is 0 Å². The van der Waals surface area contributed by atoms with E-state index in [4.69, 9.17) is 4.74 Å². The molecule has 96 valence electrons. The van der Waals surface area contributed by atoms with Gasteiger partial charge in [-0.05, 0) is 49.0 Å². The molecule has 0 bridgehead atoms. The van der Waals surface area contributed by atoms with E-state index in [1.807, 2.05) is 6.26 Å². The molecule has 1 atom stereocenters. The zero-order valence-corrected chi connectivity index (χ0v) is 11.1. The lowest BCUT2D eigenvalue weighted by molar-refractivity contribution is 0.164. The van der Waals surface area contributed by atoms with Crippen LogP contribution in [0.25, 0.3) is 0 Å². The zero-order valence-electron chi connectivity index (χ0n) is 10.3. The molecule has 1 rings (SSSR count). The Morgan fingerprint density at radius 3 is 2.82 bits per heavy atom. The van der Waals surface area contributed by atoms with E-state index in [1.54, 1.807) is 23.9 Å². The van der Waals surface area contributed by atoms with Crippen molar-refractivity contribution in [3.05, 3.63) is 29.6 Å². The normalized spacial score (nSPS) is 12.5. The summed E-state index contributed by atoms with van der Waals surface area (Å²) in [5.74, 6) is 0.917. The molecule has 0 heterocycles. The molecule has 0 aliphatic heterocycles. The molecular formula is C13H19FO2S. The van der Waals surface area contributed by atoms with Crippen LogP contribution in [0.3, 0.4) is 0 Å². The van der Waals surface area contributed by atoms with Crippen LogP contribution in [0.2, 0.25) is 0 Å². The summed E-state index contributed by atoms with van der Waals surface area (Å²) in [5.41, 5.74) is 0.806. The van der Waals surface area contributed by atoms with Gasteiger partial charge in [-0.25, -0.2) is 4.39 Å². The smallest absolute Gasteiger partial charge is 0.165 e. The van der Waals surface area contributed by atoms with Gasteiger partial charge >= 0.3 is 0 Å². The third-order valence-corrected chi connectivity index (χ3v) is 3.27. The van der Waals surface area contributed by atoms with Crippen molar-refractivity contribution in [3.63, 3.8) is 0 Å². The number of hydrogen-bond donors (Lipinski definition) is 1. The van der Waals surface area contributed by atoms with Crippen molar-refractivity contribution in [2.24, 2.45) is 0 Å². The van der Waals surface area contributed by atoms with E-state index in [1.165, 1.54) is 13.2 Å². The first-order chi connectivity index (χ1) is 8.17. The molecule has 0 radical (unpaired) electrons. The number of aliphatic hydroxyl groups is 1. The van der Waals surface area contributed by atoms with Crippen LogP contribution in [0.1, 0.15) is 18.4 Å². The molecule has 0 aliphatic carbocycles. The third-order valence-electron chi connectivity index (χ3n) is 2.57. The van der Waals surface area contributed by atoms with E-state index >= 15 is 0 Å². The maximum absolute atomic E-state index is 13.4. The Morgan fingerprint density at radius 2 is 2.24 bits per heavy atom. The highest BCUT2D eigenvalue weighted by Gasteiger charge is 2.08. The average Bonchev–Trinajstić information content (AvgIpc) is 2.29. The average molecular weight is 258 g/mol. The Kier molecular flexibility index (Phi) is 6.37. The molecule has 1 N–H and O–H groups in total. The summed E-state index contributed by atoms with van der Waals surface area (Å²) in [4.78, 5) is 0. The fraction of sp³-hybridized carbons (Fsp3) is 0.538. The molecule has 1 unspecified atom stereocenters. The number of ether oxygens (including phenoxy) is 1. The van der Waals surface area contributed by atoms with Crippen LogP contribution >= 0.6 is 11.8 Å². The van der Waals surface area contributed by atoms with Gasteiger partial charge in [0.25, 0.3) is 0 Å². The number of halogens is 1. The number of aliphatic hydroxyl groups excluding tert-OH is 1. The molecular weight excluding hydrogens is 239 g/mol. The molecule has 0 saturated carbocycles. The monoisotopic (exact) mass is 258 g/mol. The Bertz CT molecular complexity index is 344. The summed E-state index contributed by atoms with van der Waals surface area (Å²) in [6.45, 7) is 0. The van der Waals surface area contributed by atoms with Gasteiger partial charge < -0.3 is 9.84 Å². The van der Waals surface area contributed by atoms with Gasteiger partial charge in [-0.15, -0.1) is 0 Å². The minimum Gasteiger partial charge on any atom is -0.494 e. The Morgan fingerprint density at radius 1 is 1.47 bits per heavy atom. The number of benzene rings is 1. The highest BCUT2D eigenvalue weighted by Crippen LogP contribution is 2.19. The molecule has 0 amide bonds. The Labute approximate surface area is 106 Å². The highest BCUT2D eigenvalue weighted by molar-refractivity contribution is 7.98. The van der Waals surface area contributed by atoms with Crippen molar-refractivity contribution in [2.75, 3.05) is 19.1 Å². The Hall–Kier alpha value is -0.740. The van der Waals surface area contributed by atoms with Crippen molar-refractivity contribution in [1.82, 2.24) is 0 Å². The lowest BCUT2D eigenvalue weighted by atomic mass is 10.0. The van der Waals surface area contributed by atoms with Crippen LogP contribution in [0, 0.1) is 5.82 Å². The van der Waals surface area contributed by atoms with Gasteiger partial charge in [0.1, 0.15) is 0 Å². The second kappa shape index (κ2) is 7.56. The number of hydrogen-bond acceptors (Lipinski definition) is 3. The summed E-state index contributed by atoms with van der Waals surface area (Å²) in [6, 6.07) is 4.82. The summed E-state index contributed by atoms with van der Waals surface area (Å²) < 4.78 is 18.2. The Balaban J connectivity index is 2.48. The lowest BCUT2D eigenvalue weighted by Gasteiger charge is -2.11. The lowest BCUT2D eigenvalue weighted by Crippen LogP contribution is -2.11. The van der Waals surface area contributed by atoms with Crippen molar-refractivity contribution in [1.29, 1.82) is 0 Å². The maximum Gasteiger partial charge on any atom is 0.165 e. The third kappa shape index (κ3) is 4.96. The molecule has 17 heavy (non-hydrogen) atoms.